The molecule has 2 aromatic heterocycles. The number of aromatic nitrogens is 2. The number of benzene rings is 2. The molecule has 0 unspecified atom stereocenters. The van der Waals surface area contributed by atoms with Crippen LogP contribution in [0.5, 0.6) is 0 Å². The minimum absolute atomic E-state index is 0.0441. The van der Waals surface area contributed by atoms with Crippen LogP contribution in [-0.2, 0) is 24.2 Å². The van der Waals surface area contributed by atoms with Crippen molar-refractivity contribution in [3.8, 4) is 6.07 Å². The van der Waals surface area contributed by atoms with Crippen molar-refractivity contribution in [2.24, 2.45) is 0 Å². The van der Waals surface area contributed by atoms with Gasteiger partial charge in [-0.05, 0) is 66.9 Å². The minimum atomic E-state index is -0.425. The van der Waals surface area contributed by atoms with E-state index in [1.807, 2.05) is 79.4 Å². The van der Waals surface area contributed by atoms with Crippen molar-refractivity contribution in [1.82, 2.24) is 19.8 Å². The fourth-order valence-electron chi connectivity index (χ4n) is 5.28. The number of hydrogen-bond acceptors (Lipinski definition) is 5. The molecular weight excluding hydrogens is 578 g/mol. The monoisotopic (exact) mass is 607 g/mol. The highest BCUT2D eigenvalue weighted by molar-refractivity contribution is 9.10. The molecule has 0 saturated heterocycles. The Morgan fingerprint density at radius 3 is 1.63 bits per heavy atom. The summed E-state index contributed by atoms with van der Waals surface area (Å²) in [7, 11) is 0. The second kappa shape index (κ2) is 10.9. The molecule has 0 N–H and O–H groups in total. The lowest BCUT2D eigenvalue weighted by atomic mass is 9.92. The van der Waals surface area contributed by atoms with Crippen LogP contribution in [0.25, 0.3) is 0 Å². The summed E-state index contributed by atoms with van der Waals surface area (Å²) in [5.41, 5.74) is 4.66. The average Bonchev–Trinajstić information content (AvgIpc) is 3.51. The third-order valence-corrected chi connectivity index (χ3v) is 8.35. The Labute approximate surface area is 248 Å². The lowest BCUT2D eigenvalue weighted by Gasteiger charge is -2.35. The first-order valence-electron chi connectivity index (χ1n) is 13.3. The van der Waals surface area contributed by atoms with Gasteiger partial charge in [0.1, 0.15) is 6.07 Å². The number of nitriles is 1. The van der Waals surface area contributed by atoms with Crippen LogP contribution >= 0.6 is 15.9 Å². The van der Waals surface area contributed by atoms with Gasteiger partial charge in [-0.2, -0.15) is 5.26 Å². The van der Waals surface area contributed by atoms with Crippen molar-refractivity contribution < 1.29 is 9.59 Å². The molecule has 0 spiro atoms. The normalized spacial score (nSPS) is 14.2. The van der Waals surface area contributed by atoms with Crippen molar-refractivity contribution in [3.05, 3.63) is 129 Å². The Morgan fingerprint density at radius 1 is 0.732 bits per heavy atom. The molecule has 0 radical (unpaired) electrons. The van der Waals surface area contributed by atoms with Crippen molar-refractivity contribution in [1.29, 1.82) is 5.26 Å². The molecule has 0 bridgehead atoms. The summed E-state index contributed by atoms with van der Waals surface area (Å²) in [5.74, 6) is -0.0221. The van der Waals surface area contributed by atoms with Crippen LogP contribution in [0.3, 0.4) is 0 Å². The number of carbonyl (C=O) groups is 2. The molecule has 2 aliphatic heterocycles. The molecule has 41 heavy (non-hydrogen) atoms. The van der Waals surface area contributed by atoms with Gasteiger partial charge in [0.05, 0.1) is 52.2 Å². The number of halogens is 1. The van der Waals surface area contributed by atoms with Gasteiger partial charge in [0.2, 0.25) is 0 Å². The van der Waals surface area contributed by atoms with Crippen LogP contribution in [-0.4, -0.2) is 31.6 Å². The van der Waals surface area contributed by atoms with Crippen molar-refractivity contribution in [2.45, 2.75) is 51.9 Å². The van der Waals surface area contributed by atoms with E-state index in [1.54, 1.807) is 17.2 Å². The first-order chi connectivity index (χ1) is 19.5. The van der Waals surface area contributed by atoms with Gasteiger partial charge in [0, 0.05) is 16.9 Å². The number of amides is 2. The van der Waals surface area contributed by atoms with Gasteiger partial charge >= 0.3 is 0 Å². The van der Waals surface area contributed by atoms with E-state index in [2.05, 4.69) is 51.9 Å². The molecule has 0 saturated carbocycles. The summed E-state index contributed by atoms with van der Waals surface area (Å²) in [6.45, 7) is 9.22. The third kappa shape index (κ3) is 5.25. The number of hydrogen-bond donors (Lipinski definition) is 0. The number of carbonyl (C=O) groups excluding carboxylic acids is 2. The zero-order valence-electron chi connectivity index (χ0n) is 23.4. The van der Waals surface area contributed by atoms with Crippen LogP contribution in [0, 0.1) is 11.3 Å². The fraction of sp³-hybridized carbons (Fsp3) is 0.242. The predicted molar refractivity (Wildman–Crippen MR) is 160 cm³/mol. The lowest BCUT2D eigenvalue weighted by molar-refractivity contribution is 0.0558. The molecule has 4 aromatic rings. The van der Waals surface area contributed by atoms with E-state index < -0.39 is 5.54 Å². The Kier molecular flexibility index (Phi) is 7.50. The fourth-order valence-corrected chi connectivity index (χ4v) is 5.62. The summed E-state index contributed by atoms with van der Waals surface area (Å²) < 4.78 is 0.837. The lowest BCUT2D eigenvalue weighted by Crippen LogP contribution is -2.41. The van der Waals surface area contributed by atoms with Crippen LogP contribution in [0.2, 0.25) is 0 Å². The van der Waals surface area contributed by atoms with E-state index in [-0.39, 0.29) is 17.4 Å². The van der Waals surface area contributed by atoms with Gasteiger partial charge < -0.3 is 9.80 Å². The largest absolute Gasteiger partial charge is 0.323 e. The molecule has 2 aromatic carbocycles. The summed E-state index contributed by atoms with van der Waals surface area (Å²) in [6, 6.07) is 25.5. The van der Waals surface area contributed by atoms with E-state index in [0.717, 1.165) is 27.0 Å². The quantitative estimate of drug-likeness (QED) is 0.261. The summed E-state index contributed by atoms with van der Waals surface area (Å²) in [5, 5.41) is 8.94. The molecule has 2 amide bonds. The number of fused-ring (bicyclic) bond motifs is 2. The van der Waals surface area contributed by atoms with E-state index in [0.29, 0.717) is 29.8 Å². The van der Waals surface area contributed by atoms with Gasteiger partial charge in [-0.25, -0.2) is 0 Å². The minimum Gasteiger partial charge on any atom is -0.323 e. The number of nitrogens with zero attached hydrogens (tertiary/aromatic N) is 5. The molecule has 2 aliphatic rings. The van der Waals surface area contributed by atoms with Crippen molar-refractivity contribution >= 4 is 27.7 Å². The van der Waals surface area contributed by atoms with Gasteiger partial charge in [-0.15, -0.1) is 0 Å². The second-order valence-electron chi connectivity index (χ2n) is 11.1. The first-order valence-corrected chi connectivity index (χ1v) is 14.1. The average molecular weight is 609 g/mol. The van der Waals surface area contributed by atoms with Gasteiger partial charge in [0.15, 0.2) is 0 Å². The molecule has 6 rings (SSSR count). The smallest absolute Gasteiger partial charge is 0.256 e. The van der Waals surface area contributed by atoms with Crippen molar-refractivity contribution in [3.63, 3.8) is 0 Å². The summed E-state index contributed by atoms with van der Waals surface area (Å²) in [4.78, 5) is 37.6. The van der Waals surface area contributed by atoms with Crippen LogP contribution in [0.1, 0.15) is 76.5 Å². The zero-order chi connectivity index (χ0) is 29.4. The van der Waals surface area contributed by atoms with E-state index in [9.17, 15) is 9.59 Å². The Bertz CT molecular complexity index is 1660. The molecule has 7 nitrogen and oxygen atoms in total. The predicted octanol–water partition coefficient (Wildman–Crippen LogP) is 6.58. The highest BCUT2D eigenvalue weighted by Crippen LogP contribution is 2.36. The molecule has 0 fully saturated rings. The van der Waals surface area contributed by atoms with Gasteiger partial charge in [-0.1, -0.05) is 60.7 Å². The standard InChI is InChI=1S/C17H15N3O.C16H15BrN2O/c1-17(2,13-6-4-3-5-7-13)20-11-15-14(16(20)21)8-12(9-18)10-19-15;1-16(2,11-6-4-3-5-7-11)19-10-14-13(15(19)20)8-12(17)9-18-14/h3-8,10H,11H2,1-2H3;3-9H,10H2,1-2H3. The Morgan fingerprint density at radius 2 is 1.17 bits per heavy atom. The number of rotatable bonds is 4. The molecule has 0 atom stereocenters. The third-order valence-electron chi connectivity index (χ3n) is 7.91. The maximum Gasteiger partial charge on any atom is 0.256 e. The zero-order valence-corrected chi connectivity index (χ0v) is 25.0. The second-order valence-corrected chi connectivity index (χ2v) is 12.0. The SMILES string of the molecule is CC(C)(c1ccccc1)N1Cc2ncc(Br)cc2C1=O.CC(C)(c1ccccc1)N1Cc2ncc(C#N)cc2C1=O. The maximum atomic E-state index is 12.7. The van der Waals surface area contributed by atoms with Crippen molar-refractivity contribution in [2.75, 3.05) is 0 Å². The Hall–Kier alpha value is -4.35. The van der Waals surface area contributed by atoms with E-state index >= 15 is 0 Å². The van der Waals surface area contributed by atoms with Crippen LogP contribution in [0.15, 0.2) is 89.7 Å². The highest BCUT2D eigenvalue weighted by Gasteiger charge is 2.40. The summed E-state index contributed by atoms with van der Waals surface area (Å²) in [6.07, 6.45) is 3.26. The molecule has 206 valence electrons. The maximum absolute atomic E-state index is 12.7. The number of pyridine rings is 2. The van der Waals surface area contributed by atoms with Gasteiger partial charge in [0.25, 0.3) is 11.8 Å². The highest BCUT2D eigenvalue weighted by atomic mass is 79.9. The van der Waals surface area contributed by atoms with Gasteiger partial charge in [-0.3, -0.25) is 19.6 Å². The molecule has 4 heterocycles. The Balaban J connectivity index is 0.000000165. The van der Waals surface area contributed by atoms with E-state index in [4.69, 9.17) is 5.26 Å². The summed E-state index contributed by atoms with van der Waals surface area (Å²) >= 11 is 3.37. The van der Waals surface area contributed by atoms with Crippen LogP contribution in [0.4, 0.5) is 0 Å². The van der Waals surface area contributed by atoms with E-state index in [1.165, 1.54) is 6.20 Å². The molecule has 0 aliphatic carbocycles. The topological polar surface area (TPSA) is 90.2 Å². The first kappa shape index (κ1) is 28.2. The molecular formula is C33H30BrN5O2. The van der Waals surface area contributed by atoms with Crippen LogP contribution < -0.4 is 0 Å². The molecule has 8 heteroatoms.